The Morgan fingerprint density at radius 3 is 0.684 bits per heavy atom. The third kappa shape index (κ3) is 6.45. The van der Waals surface area contributed by atoms with Gasteiger partial charge in [0, 0.05) is 11.1 Å². The number of thiocarbonyl (C=S) groups is 1. The van der Waals surface area contributed by atoms with E-state index in [9.17, 15) is 79.0 Å². The highest BCUT2D eigenvalue weighted by Crippen LogP contribution is 2.48. The van der Waals surface area contributed by atoms with Gasteiger partial charge >= 0.3 is 37.1 Å². The van der Waals surface area contributed by atoms with Crippen molar-refractivity contribution >= 4 is 17.1 Å². The Balaban J connectivity index is 3.24. The van der Waals surface area contributed by atoms with Gasteiger partial charge < -0.3 is 0 Å². The van der Waals surface area contributed by atoms with Gasteiger partial charge in [0.1, 0.15) is 0 Å². The molecule has 38 heavy (non-hydrogen) atoms. The molecule has 2 rings (SSSR count). The molecule has 0 heterocycles. The normalized spacial score (nSPS) is 14.2. The van der Waals surface area contributed by atoms with E-state index in [2.05, 4.69) is 12.2 Å². The smallest absolute Gasteiger partial charge is 0.166 e. The number of rotatable bonds is 2. The molecule has 0 saturated carbocycles. The van der Waals surface area contributed by atoms with Crippen LogP contribution in [-0.4, -0.2) is 4.86 Å². The molecule has 0 aliphatic heterocycles. The summed E-state index contributed by atoms with van der Waals surface area (Å²) in [5.41, 5.74) is -23.0. The number of hydrogen-bond acceptors (Lipinski definition) is 1. The van der Waals surface area contributed by atoms with Crippen LogP contribution in [0.5, 0.6) is 0 Å². The van der Waals surface area contributed by atoms with Crippen LogP contribution in [0.3, 0.4) is 0 Å². The zero-order valence-corrected chi connectivity index (χ0v) is 17.8. The van der Waals surface area contributed by atoms with Crippen LogP contribution in [0.25, 0.3) is 0 Å². The predicted molar refractivity (Wildman–Crippen MR) is 93.7 cm³/mol. The lowest BCUT2D eigenvalue weighted by Crippen LogP contribution is -2.27. The van der Waals surface area contributed by atoms with Crippen LogP contribution >= 0.6 is 12.2 Å². The largest absolute Gasteiger partial charge is 0.417 e. The Morgan fingerprint density at radius 1 is 0.368 bits per heavy atom. The Labute approximate surface area is 202 Å². The fraction of sp³-hybridized carbons (Fsp3) is 0.316. The van der Waals surface area contributed by atoms with Gasteiger partial charge in [-0.25, -0.2) is 0 Å². The van der Waals surface area contributed by atoms with Gasteiger partial charge in [0.2, 0.25) is 0 Å². The molecule has 212 valence electrons. The van der Waals surface area contributed by atoms with E-state index in [4.69, 9.17) is 0 Å². The second-order valence-corrected chi connectivity index (χ2v) is 7.62. The monoisotopic (exact) mass is 606 g/mol. The fourth-order valence-electron chi connectivity index (χ4n) is 3.12. The lowest BCUT2D eigenvalue weighted by Gasteiger charge is -2.25. The number of hydrogen-bond donors (Lipinski definition) is 0. The maximum Gasteiger partial charge on any atom is 0.417 e. The summed E-state index contributed by atoms with van der Waals surface area (Å²) in [4.78, 5) is -2.60. The van der Waals surface area contributed by atoms with Crippen LogP contribution in [0.4, 0.5) is 79.0 Å². The predicted octanol–water partition coefficient (Wildman–Crippen LogP) is 9.57. The number of alkyl halides is 18. The van der Waals surface area contributed by atoms with Gasteiger partial charge in [0.25, 0.3) is 0 Å². The zero-order valence-electron chi connectivity index (χ0n) is 17.0. The Bertz CT molecular complexity index is 1070. The molecule has 0 aliphatic carbocycles. The molecule has 0 bridgehead atoms. The van der Waals surface area contributed by atoms with Crippen LogP contribution < -0.4 is 0 Å². The third-order valence-electron chi connectivity index (χ3n) is 4.61. The van der Waals surface area contributed by atoms with Crippen molar-refractivity contribution in [1.29, 1.82) is 0 Å². The van der Waals surface area contributed by atoms with E-state index >= 15 is 0 Å². The molecule has 19 heteroatoms. The summed E-state index contributed by atoms with van der Waals surface area (Å²) >= 11 is 4.12. The summed E-state index contributed by atoms with van der Waals surface area (Å²) < 4.78 is 241. The van der Waals surface area contributed by atoms with Gasteiger partial charge in [-0.3, -0.25) is 0 Å². The summed E-state index contributed by atoms with van der Waals surface area (Å²) in [7, 11) is 0. The SMILES string of the molecule is FC(F)(F)c1cc(C(F)(F)F)c(C(=S)c2c(C(F)(F)F)cc(C(F)(F)F)cc2C(F)(F)F)c(C(F)(F)F)c1. The van der Waals surface area contributed by atoms with Gasteiger partial charge in [-0.05, 0) is 24.3 Å². The van der Waals surface area contributed by atoms with E-state index in [1.165, 1.54) is 0 Å². The summed E-state index contributed by atoms with van der Waals surface area (Å²) in [6.45, 7) is 0. The Morgan fingerprint density at radius 2 is 0.553 bits per heavy atom. The molecule has 0 unspecified atom stereocenters. The van der Waals surface area contributed by atoms with Crippen molar-refractivity contribution in [3.05, 3.63) is 68.8 Å². The molecule has 2 aromatic carbocycles. The number of halogens is 18. The van der Waals surface area contributed by atoms with E-state index in [0.717, 1.165) is 0 Å². The second-order valence-electron chi connectivity index (χ2n) is 7.21. The lowest BCUT2D eigenvalue weighted by atomic mass is 9.86. The number of benzene rings is 2. The summed E-state index contributed by atoms with van der Waals surface area (Å²) in [6, 6.07) is -4.16. The molecule has 0 saturated heterocycles. The van der Waals surface area contributed by atoms with Crippen molar-refractivity contribution in [1.82, 2.24) is 0 Å². The molecule has 0 aliphatic rings. The highest BCUT2D eigenvalue weighted by molar-refractivity contribution is 7.81. The van der Waals surface area contributed by atoms with Crippen LogP contribution in [0.15, 0.2) is 24.3 Å². The highest BCUT2D eigenvalue weighted by Gasteiger charge is 2.50. The highest BCUT2D eigenvalue weighted by atomic mass is 32.1. The minimum absolute atomic E-state index is 1.04. The van der Waals surface area contributed by atoms with Gasteiger partial charge in [-0.2, -0.15) is 79.0 Å². The Hall–Kier alpha value is -2.73. The fourth-order valence-corrected chi connectivity index (χ4v) is 3.56. The van der Waals surface area contributed by atoms with Crippen LogP contribution in [0.2, 0.25) is 0 Å². The lowest BCUT2D eigenvalue weighted by molar-refractivity contribution is -0.150. The quantitative estimate of drug-likeness (QED) is 0.187. The molecule has 0 radical (unpaired) electrons. The molecule has 0 aromatic heterocycles. The van der Waals surface area contributed by atoms with Crippen LogP contribution in [0.1, 0.15) is 44.5 Å². The van der Waals surface area contributed by atoms with E-state index in [1.54, 1.807) is 0 Å². The van der Waals surface area contributed by atoms with Crippen LogP contribution in [-0.2, 0) is 37.1 Å². The molecular formula is C19H4F18S. The standard InChI is InChI=1S/C19H4F18S/c20-14(21,22)5-1-7(16(26,27)28)11(8(2-5)17(29,30)31)13(38)12-9(18(32,33)34)3-6(15(23,24)25)4-10(12)19(35,36)37/h1-4H. The van der Waals surface area contributed by atoms with Crippen molar-refractivity contribution in [2.75, 3.05) is 0 Å². The van der Waals surface area contributed by atoms with Crippen molar-refractivity contribution in [2.24, 2.45) is 0 Å². The molecule has 0 atom stereocenters. The topological polar surface area (TPSA) is 0 Å². The van der Waals surface area contributed by atoms with Gasteiger partial charge in [-0.1, -0.05) is 12.2 Å². The second kappa shape index (κ2) is 9.18. The third-order valence-corrected chi connectivity index (χ3v) is 5.02. The van der Waals surface area contributed by atoms with Gasteiger partial charge in [0.05, 0.1) is 38.2 Å². The first-order valence-electron chi connectivity index (χ1n) is 8.92. The van der Waals surface area contributed by atoms with Crippen LogP contribution in [0, 0.1) is 0 Å². The van der Waals surface area contributed by atoms with Crippen molar-refractivity contribution in [2.45, 2.75) is 37.1 Å². The maximum atomic E-state index is 13.6. The molecule has 0 N–H and O–H groups in total. The summed E-state index contributed by atoms with van der Waals surface area (Å²) in [5, 5.41) is 0. The molecule has 0 spiro atoms. The van der Waals surface area contributed by atoms with Gasteiger partial charge in [-0.15, -0.1) is 0 Å². The van der Waals surface area contributed by atoms with Crippen molar-refractivity contribution in [3.63, 3.8) is 0 Å². The summed E-state index contributed by atoms with van der Waals surface area (Å²) in [5.74, 6) is 0. The molecule has 0 amide bonds. The molecule has 0 nitrogen and oxygen atoms in total. The molecule has 2 aromatic rings. The van der Waals surface area contributed by atoms with Gasteiger partial charge in [0.15, 0.2) is 0 Å². The van der Waals surface area contributed by atoms with E-state index in [0.29, 0.717) is 0 Å². The van der Waals surface area contributed by atoms with Crippen molar-refractivity contribution in [3.8, 4) is 0 Å². The maximum absolute atomic E-state index is 13.6. The molecular weight excluding hydrogens is 602 g/mol. The average molecular weight is 606 g/mol. The minimum Gasteiger partial charge on any atom is -0.166 e. The summed E-state index contributed by atoms with van der Waals surface area (Å²) in [6.07, 6.45) is -37.0. The van der Waals surface area contributed by atoms with E-state index in [1.807, 2.05) is 0 Å². The first-order chi connectivity index (χ1) is 16.6. The first kappa shape index (κ1) is 31.5. The molecule has 0 fully saturated rings. The Kier molecular flexibility index (Phi) is 7.61. The zero-order chi connectivity index (χ0) is 30.0. The van der Waals surface area contributed by atoms with E-state index < -0.39 is 111 Å². The minimum atomic E-state index is -6.29. The average Bonchev–Trinajstić information content (AvgIpc) is 2.67. The van der Waals surface area contributed by atoms with E-state index in [-0.39, 0.29) is 0 Å². The van der Waals surface area contributed by atoms with Crippen molar-refractivity contribution < 1.29 is 79.0 Å². The first-order valence-corrected chi connectivity index (χ1v) is 9.32.